The summed E-state index contributed by atoms with van der Waals surface area (Å²) in [5.74, 6) is 0.808. The van der Waals surface area contributed by atoms with E-state index in [4.69, 9.17) is 16.7 Å². The zero-order valence-electron chi connectivity index (χ0n) is 12.3. The minimum atomic E-state index is -3.70. The first-order valence-electron chi connectivity index (χ1n) is 7.49. The summed E-state index contributed by atoms with van der Waals surface area (Å²) in [6, 6.07) is 4.88. The molecular weight excluding hydrogens is 308 g/mol. The molecule has 0 radical (unpaired) electrons. The molecule has 2 unspecified atom stereocenters. The molecule has 3 N–H and O–H groups in total. The average molecular weight is 331 g/mol. The highest BCUT2D eigenvalue weighted by atomic mass is 35.5. The van der Waals surface area contributed by atoms with E-state index in [9.17, 15) is 8.42 Å². The van der Waals surface area contributed by atoms with Crippen molar-refractivity contribution in [3.8, 4) is 0 Å². The molecule has 1 saturated carbocycles. The molecule has 1 aliphatic rings. The molecule has 0 spiro atoms. The second-order valence-corrected chi connectivity index (χ2v) is 7.78. The topological polar surface area (TPSA) is 72.2 Å². The van der Waals surface area contributed by atoms with Gasteiger partial charge in [0, 0.05) is 6.04 Å². The summed E-state index contributed by atoms with van der Waals surface area (Å²) in [5, 5.41) is 9.09. The predicted octanol–water partition coefficient (Wildman–Crippen LogP) is 3.76. The maximum absolute atomic E-state index is 11.4. The van der Waals surface area contributed by atoms with E-state index < -0.39 is 10.0 Å². The summed E-state index contributed by atoms with van der Waals surface area (Å²) in [6.45, 7) is 2.24. The van der Waals surface area contributed by atoms with Crippen molar-refractivity contribution in [1.82, 2.24) is 0 Å². The minimum absolute atomic E-state index is 0.0921. The van der Waals surface area contributed by atoms with Crippen molar-refractivity contribution < 1.29 is 8.42 Å². The third-order valence-electron chi connectivity index (χ3n) is 4.29. The summed E-state index contributed by atoms with van der Waals surface area (Å²) in [4.78, 5) is 0.0921. The lowest BCUT2D eigenvalue weighted by atomic mass is 9.98. The Hall–Kier alpha value is -0.780. The lowest BCUT2D eigenvalue weighted by molar-refractivity contribution is 0.444. The number of halogens is 1. The first kappa shape index (κ1) is 16.6. The van der Waals surface area contributed by atoms with Crippen LogP contribution in [0.1, 0.15) is 45.4 Å². The van der Waals surface area contributed by atoms with E-state index in [0.29, 0.717) is 16.8 Å². The molecule has 2 atom stereocenters. The van der Waals surface area contributed by atoms with Crippen molar-refractivity contribution in [3.63, 3.8) is 0 Å². The fraction of sp³-hybridized carbons (Fsp3) is 0.600. The van der Waals surface area contributed by atoms with Crippen molar-refractivity contribution in [2.75, 3.05) is 5.32 Å². The van der Waals surface area contributed by atoms with Gasteiger partial charge in [-0.2, -0.15) is 0 Å². The molecular formula is C15H23ClN2O2S. The van der Waals surface area contributed by atoms with Gasteiger partial charge in [-0.1, -0.05) is 37.8 Å². The molecule has 1 aromatic carbocycles. The highest BCUT2D eigenvalue weighted by molar-refractivity contribution is 7.89. The Kier molecular flexibility index (Phi) is 5.52. The van der Waals surface area contributed by atoms with E-state index in [1.54, 1.807) is 6.07 Å². The number of hydrogen-bond acceptors (Lipinski definition) is 3. The Morgan fingerprint density at radius 1 is 1.29 bits per heavy atom. The van der Waals surface area contributed by atoms with Gasteiger partial charge in [-0.3, -0.25) is 0 Å². The molecule has 0 aliphatic heterocycles. The zero-order chi connectivity index (χ0) is 15.5. The largest absolute Gasteiger partial charge is 0.381 e. The van der Waals surface area contributed by atoms with Crippen LogP contribution < -0.4 is 10.5 Å². The van der Waals surface area contributed by atoms with Crippen LogP contribution in [0.25, 0.3) is 0 Å². The molecule has 1 aliphatic carbocycles. The molecule has 1 fully saturated rings. The van der Waals surface area contributed by atoms with Gasteiger partial charge < -0.3 is 5.32 Å². The molecule has 0 amide bonds. The summed E-state index contributed by atoms with van der Waals surface area (Å²) >= 11 is 6.16. The van der Waals surface area contributed by atoms with E-state index in [2.05, 4.69) is 12.2 Å². The van der Waals surface area contributed by atoms with E-state index in [0.717, 1.165) is 18.8 Å². The molecule has 1 aromatic rings. The minimum Gasteiger partial charge on any atom is -0.381 e. The molecule has 0 saturated heterocycles. The Labute approximate surface area is 132 Å². The van der Waals surface area contributed by atoms with Gasteiger partial charge in [-0.25, -0.2) is 13.6 Å². The maximum Gasteiger partial charge on any atom is 0.238 e. The fourth-order valence-electron chi connectivity index (χ4n) is 2.94. The van der Waals surface area contributed by atoms with Crippen LogP contribution in [0.4, 0.5) is 5.69 Å². The summed E-state index contributed by atoms with van der Waals surface area (Å²) in [5.41, 5.74) is 0.656. The molecule has 118 valence electrons. The van der Waals surface area contributed by atoms with Crippen LogP contribution in [0, 0.1) is 5.92 Å². The number of anilines is 1. The third kappa shape index (κ3) is 4.59. The first-order chi connectivity index (χ1) is 9.90. The van der Waals surface area contributed by atoms with Gasteiger partial charge in [0.05, 0.1) is 15.6 Å². The van der Waals surface area contributed by atoms with Crippen molar-refractivity contribution in [3.05, 3.63) is 23.2 Å². The van der Waals surface area contributed by atoms with Gasteiger partial charge in [0.2, 0.25) is 10.0 Å². The summed E-state index contributed by atoms with van der Waals surface area (Å²) in [7, 11) is -3.70. The van der Waals surface area contributed by atoms with E-state index in [1.807, 2.05) is 0 Å². The molecule has 0 heterocycles. The van der Waals surface area contributed by atoms with Crippen LogP contribution in [-0.4, -0.2) is 14.5 Å². The van der Waals surface area contributed by atoms with Gasteiger partial charge >= 0.3 is 0 Å². The smallest absolute Gasteiger partial charge is 0.238 e. The Morgan fingerprint density at radius 3 is 2.71 bits per heavy atom. The number of benzene rings is 1. The standard InChI is InChI=1S/C15H23ClN2O2S/c1-2-11-4-3-5-12(7-6-11)18-15-10-13(21(17,19)20)8-9-14(15)16/h8-12,18H,2-7H2,1H3,(H2,17,19,20). The second kappa shape index (κ2) is 6.99. The lowest BCUT2D eigenvalue weighted by Crippen LogP contribution is -2.19. The van der Waals surface area contributed by atoms with Gasteiger partial charge in [0.1, 0.15) is 0 Å². The maximum atomic E-state index is 11.4. The van der Waals surface area contributed by atoms with Crippen molar-refractivity contribution in [1.29, 1.82) is 0 Å². The quantitative estimate of drug-likeness (QED) is 0.826. The van der Waals surface area contributed by atoms with Crippen LogP contribution in [0.2, 0.25) is 5.02 Å². The number of nitrogens with one attached hydrogen (secondary N) is 1. The summed E-state index contributed by atoms with van der Waals surface area (Å²) in [6.07, 6.45) is 7.10. The van der Waals surface area contributed by atoms with Crippen molar-refractivity contribution in [2.45, 2.75) is 56.4 Å². The number of nitrogens with two attached hydrogens (primary N) is 1. The predicted molar refractivity (Wildman–Crippen MR) is 87.1 cm³/mol. The Balaban J connectivity index is 2.12. The van der Waals surface area contributed by atoms with Gasteiger partial charge in [0.25, 0.3) is 0 Å². The number of sulfonamides is 1. The monoisotopic (exact) mass is 330 g/mol. The van der Waals surface area contributed by atoms with Crippen molar-refractivity contribution in [2.24, 2.45) is 11.1 Å². The summed E-state index contributed by atoms with van der Waals surface area (Å²) < 4.78 is 22.9. The van der Waals surface area contributed by atoms with Crippen LogP contribution in [0.15, 0.2) is 23.1 Å². The number of rotatable bonds is 4. The van der Waals surface area contributed by atoms with Gasteiger partial charge in [-0.15, -0.1) is 0 Å². The highest BCUT2D eigenvalue weighted by Gasteiger charge is 2.19. The average Bonchev–Trinajstić information content (AvgIpc) is 2.65. The van der Waals surface area contributed by atoms with Gasteiger partial charge in [-0.05, 0) is 43.4 Å². The van der Waals surface area contributed by atoms with Gasteiger partial charge in [0.15, 0.2) is 0 Å². The Bertz CT molecular complexity index is 589. The van der Waals surface area contributed by atoms with E-state index in [1.165, 1.54) is 37.8 Å². The van der Waals surface area contributed by atoms with Crippen LogP contribution in [0.5, 0.6) is 0 Å². The highest BCUT2D eigenvalue weighted by Crippen LogP contribution is 2.30. The normalized spacial score (nSPS) is 23.6. The molecule has 0 bridgehead atoms. The van der Waals surface area contributed by atoms with Crippen LogP contribution in [-0.2, 0) is 10.0 Å². The molecule has 21 heavy (non-hydrogen) atoms. The molecule has 2 rings (SSSR count). The molecule has 0 aromatic heterocycles. The van der Waals surface area contributed by atoms with Crippen LogP contribution >= 0.6 is 11.6 Å². The molecule has 6 heteroatoms. The van der Waals surface area contributed by atoms with E-state index in [-0.39, 0.29) is 4.90 Å². The first-order valence-corrected chi connectivity index (χ1v) is 9.41. The van der Waals surface area contributed by atoms with Crippen molar-refractivity contribution >= 4 is 27.3 Å². The number of primary sulfonamides is 1. The molecule has 4 nitrogen and oxygen atoms in total. The van der Waals surface area contributed by atoms with Crippen LogP contribution in [0.3, 0.4) is 0 Å². The Morgan fingerprint density at radius 2 is 2.05 bits per heavy atom. The zero-order valence-corrected chi connectivity index (χ0v) is 13.9. The second-order valence-electron chi connectivity index (χ2n) is 5.81. The van der Waals surface area contributed by atoms with E-state index >= 15 is 0 Å². The fourth-order valence-corrected chi connectivity index (χ4v) is 3.65. The number of hydrogen-bond donors (Lipinski definition) is 2. The SMILES string of the molecule is CCC1CCCC(Nc2cc(S(N)(=O)=O)ccc2Cl)CC1. The third-order valence-corrected chi connectivity index (χ3v) is 5.53. The lowest BCUT2D eigenvalue weighted by Gasteiger charge is -2.19.